The Hall–Kier alpha value is -3.29. The van der Waals surface area contributed by atoms with E-state index < -0.39 is 6.36 Å². The highest BCUT2D eigenvalue weighted by Gasteiger charge is 2.31. The van der Waals surface area contributed by atoms with Gasteiger partial charge in [-0.15, -0.1) is 13.2 Å². The summed E-state index contributed by atoms with van der Waals surface area (Å²) in [6.07, 6.45) is -4.48. The second-order valence-corrected chi connectivity index (χ2v) is 6.03. The normalized spacial score (nSPS) is 11.3. The Morgan fingerprint density at radius 2 is 1.75 bits per heavy atom. The van der Waals surface area contributed by atoms with Gasteiger partial charge in [-0.1, -0.05) is 25.1 Å². The van der Waals surface area contributed by atoms with E-state index in [1.54, 1.807) is 13.8 Å². The predicted octanol–water partition coefficient (Wildman–Crippen LogP) is 5.42. The second-order valence-electron chi connectivity index (χ2n) is 6.03. The summed E-state index contributed by atoms with van der Waals surface area (Å²) in [4.78, 5) is 12.4. The van der Waals surface area contributed by atoms with Crippen LogP contribution in [-0.2, 0) is 0 Å². The third-order valence-electron chi connectivity index (χ3n) is 4.06. The van der Waals surface area contributed by atoms with E-state index in [-0.39, 0.29) is 23.6 Å². The van der Waals surface area contributed by atoms with Crippen molar-refractivity contribution in [3.8, 4) is 11.4 Å². The standard InChI is InChI=1S/C20H18F3N3O2/c1-3-17(27)19-18(24-14-7-5-4-6-8-14)13(2)26(25-19)15-9-11-16(12-10-15)28-20(21,22)23/h4-12,24H,3H2,1-2H3. The molecule has 0 fully saturated rings. The zero-order chi connectivity index (χ0) is 20.3. The van der Waals surface area contributed by atoms with Crippen molar-refractivity contribution < 1.29 is 22.7 Å². The molecular weight excluding hydrogens is 371 g/mol. The highest BCUT2D eigenvalue weighted by molar-refractivity contribution is 6.00. The van der Waals surface area contributed by atoms with Crippen LogP contribution >= 0.6 is 0 Å². The monoisotopic (exact) mass is 389 g/mol. The number of benzene rings is 2. The summed E-state index contributed by atoms with van der Waals surface area (Å²) in [5, 5.41) is 7.60. The average molecular weight is 389 g/mol. The van der Waals surface area contributed by atoms with Gasteiger partial charge in [0.1, 0.15) is 5.75 Å². The third-order valence-corrected chi connectivity index (χ3v) is 4.06. The van der Waals surface area contributed by atoms with Crippen LogP contribution in [0.1, 0.15) is 29.5 Å². The lowest BCUT2D eigenvalue weighted by Gasteiger charge is -2.10. The molecule has 8 heteroatoms. The Morgan fingerprint density at radius 1 is 1.11 bits per heavy atom. The van der Waals surface area contributed by atoms with Gasteiger partial charge in [0.05, 0.1) is 17.1 Å². The first kappa shape index (κ1) is 19.5. The number of halogens is 3. The van der Waals surface area contributed by atoms with Crippen LogP contribution in [0.4, 0.5) is 24.5 Å². The number of Topliss-reactive ketones (excluding diaryl/α,β-unsaturated/α-hetero) is 1. The molecule has 5 nitrogen and oxygen atoms in total. The molecule has 3 aromatic rings. The predicted molar refractivity (Wildman–Crippen MR) is 99.3 cm³/mol. The third kappa shape index (κ3) is 4.33. The first-order chi connectivity index (χ1) is 13.3. The van der Waals surface area contributed by atoms with E-state index in [0.717, 1.165) is 5.69 Å². The highest BCUT2D eigenvalue weighted by atomic mass is 19.4. The molecule has 2 aromatic carbocycles. The summed E-state index contributed by atoms with van der Waals surface area (Å²) in [5.41, 5.74) is 2.81. The van der Waals surface area contributed by atoms with E-state index in [1.807, 2.05) is 30.3 Å². The summed E-state index contributed by atoms with van der Waals surface area (Å²) in [5.74, 6) is -0.467. The summed E-state index contributed by atoms with van der Waals surface area (Å²) in [6, 6.07) is 14.6. The summed E-state index contributed by atoms with van der Waals surface area (Å²) in [6.45, 7) is 3.52. The van der Waals surface area contributed by atoms with Gasteiger partial charge in [-0.05, 0) is 43.3 Å². The van der Waals surface area contributed by atoms with Gasteiger partial charge in [0, 0.05) is 12.1 Å². The van der Waals surface area contributed by atoms with Gasteiger partial charge >= 0.3 is 6.36 Å². The SMILES string of the molecule is CCC(=O)c1nn(-c2ccc(OC(F)(F)F)cc2)c(C)c1Nc1ccccc1. The van der Waals surface area contributed by atoms with Gasteiger partial charge in [0.2, 0.25) is 0 Å². The largest absolute Gasteiger partial charge is 0.573 e. The fraction of sp³-hybridized carbons (Fsp3) is 0.200. The van der Waals surface area contributed by atoms with Crippen molar-refractivity contribution in [3.05, 3.63) is 66.0 Å². The summed E-state index contributed by atoms with van der Waals surface area (Å²) >= 11 is 0. The Kier molecular flexibility index (Phi) is 5.39. The number of ether oxygens (including phenoxy) is 1. The molecule has 0 aliphatic heterocycles. The quantitative estimate of drug-likeness (QED) is 0.572. The van der Waals surface area contributed by atoms with Crippen LogP contribution in [0.15, 0.2) is 54.6 Å². The van der Waals surface area contributed by atoms with Crippen LogP contribution in [0.5, 0.6) is 5.75 Å². The number of aromatic nitrogens is 2. The van der Waals surface area contributed by atoms with Crippen molar-refractivity contribution in [1.82, 2.24) is 9.78 Å². The molecule has 1 heterocycles. The number of hydrogen-bond donors (Lipinski definition) is 1. The molecule has 146 valence electrons. The minimum Gasteiger partial charge on any atom is -0.406 e. The molecule has 0 aliphatic carbocycles. The molecule has 0 saturated heterocycles. The first-order valence-electron chi connectivity index (χ1n) is 8.59. The molecule has 0 amide bonds. The van der Waals surface area contributed by atoms with Crippen molar-refractivity contribution >= 4 is 17.2 Å². The number of nitrogens with one attached hydrogen (secondary N) is 1. The fourth-order valence-corrected chi connectivity index (χ4v) is 2.72. The van der Waals surface area contributed by atoms with Crippen LogP contribution in [-0.4, -0.2) is 21.9 Å². The molecule has 0 aliphatic rings. The Morgan fingerprint density at radius 3 is 2.32 bits per heavy atom. The summed E-state index contributed by atoms with van der Waals surface area (Å²) in [7, 11) is 0. The first-order valence-corrected chi connectivity index (χ1v) is 8.59. The Labute approximate surface area is 159 Å². The smallest absolute Gasteiger partial charge is 0.406 e. The van der Waals surface area contributed by atoms with Gasteiger partial charge in [-0.2, -0.15) is 5.10 Å². The molecule has 1 aromatic heterocycles. The van der Waals surface area contributed by atoms with E-state index in [9.17, 15) is 18.0 Å². The molecular formula is C20H18F3N3O2. The van der Waals surface area contributed by atoms with Gasteiger partial charge in [0.25, 0.3) is 0 Å². The average Bonchev–Trinajstić information content (AvgIpc) is 2.98. The molecule has 1 N–H and O–H groups in total. The van der Waals surface area contributed by atoms with Crippen LogP contribution < -0.4 is 10.1 Å². The maximum absolute atomic E-state index is 12.4. The van der Waals surface area contributed by atoms with Gasteiger partial charge in [-0.25, -0.2) is 4.68 Å². The number of carbonyl (C=O) groups excluding carboxylic acids is 1. The number of para-hydroxylation sites is 1. The summed E-state index contributed by atoms with van der Waals surface area (Å²) < 4.78 is 42.4. The van der Waals surface area contributed by atoms with Gasteiger partial charge in [-0.3, -0.25) is 4.79 Å². The lowest BCUT2D eigenvalue weighted by Crippen LogP contribution is -2.17. The molecule has 0 atom stereocenters. The number of ketones is 1. The molecule has 0 unspecified atom stereocenters. The van der Waals surface area contributed by atoms with Crippen LogP contribution in [0.2, 0.25) is 0 Å². The van der Waals surface area contributed by atoms with Crippen molar-refractivity contribution in [3.63, 3.8) is 0 Å². The molecule has 0 saturated carbocycles. The number of alkyl halides is 3. The van der Waals surface area contributed by atoms with Crippen molar-refractivity contribution in [2.24, 2.45) is 0 Å². The number of nitrogens with zero attached hydrogens (tertiary/aromatic N) is 2. The van der Waals surface area contributed by atoms with Crippen molar-refractivity contribution in [2.45, 2.75) is 26.6 Å². The molecule has 3 rings (SSSR count). The van der Waals surface area contributed by atoms with Crippen LogP contribution in [0.3, 0.4) is 0 Å². The fourth-order valence-electron chi connectivity index (χ4n) is 2.72. The van der Waals surface area contributed by atoms with Crippen molar-refractivity contribution in [2.75, 3.05) is 5.32 Å². The minimum absolute atomic E-state index is 0.141. The molecule has 0 spiro atoms. The number of carbonyl (C=O) groups is 1. The minimum atomic E-state index is -4.75. The van der Waals surface area contributed by atoms with E-state index >= 15 is 0 Å². The lowest BCUT2D eigenvalue weighted by molar-refractivity contribution is -0.274. The van der Waals surface area contributed by atoms with E-state index in [2.05, 4.69) is 15.2 Å². The molecule has 28 heavy (non-hydrogen) atoms. The number of rotatable bonds is 6. The van der Waals surface area contributed by atoms with Crippen LogP contribution in [0.25, 0.3) is 5.69 Å². The topological polar surface area (TPSA) is 56.2 Å². The Balaban J connectivity index is 1.98. The zero-order valence-electron chi connectivity index (χ0n) is 15.2. The number of hydrogen-bond acceptors (Lipinski definition) is 4. The van der Waals surface area contributed by atoms with E-state index in [1.165, 1.54) is 28.9 Å². The second kappa shape index (κ2) is 7.75. The highest BCUT2D eigenvalue weighted by Crippen LogP contribution is 2.29. The molecule has 0 radical (unpaired) electrons. The number of anilines is 2. The molecule has 0 bridgehead atoms. The lowest BCUT2D eigenvalue weighted by atomic mass is 10.1. The Bertz CT molecular complexity index is 965. The van der Waals surface area contributed by atoms with E-state index in [4.69, 9.17) is 0 Å². The zero-order valence-corrected chi connectivity index (χ0v) is 15.2. The van der Waals surface area contributed by atoms with Gasteiger partial charge < -0.3 is 10.1 Å². The maximum atomic E-state index is 12.4. The maximum Gasteiger partial charge on any atom is 0.573 e. The van der Waals surface area contributed by atoms with E-state index in [0.29, 0.717) is 17.1 Å². The van der Waals surface area contributed by atoms with Crippen molar-refractivity contribution in [1.29, 1.82) is 0 Å². The van der Waals surface area contributed by atoms with Crippen LogP contribution in [0, 0.1) is 6.92 Å². The van der Waals surface area contributed by atoms with Gasteiger partial charge in [0.15, 0.2) is 11.5 Å².